The smallest absolute Gasteiger partial charge is 0.181 e. The van der Waals surface area contributed by atoms with Gasteiger partial charge in [-0.2, -0.15) is 0 Å². The number of aryl methyl sites for hydroxylation is 2. The van der Waals surface area contributed by atoms with Crippen LogP contribution in [0.25, 0.3) is 44.8 Å². The van der Waals surface area contributed by atoms with E-state index in [9.17, 15) is 0 Å². The van der Waals surface area contributed by atoms with Crippen LogP contribution in [0.2, 0.25) is 0 Å². The van der Waals surface area contributed by atoms with Gasteiger partial charge in [-0.15, -0.1) is 0 Å². The molecule has 0 aliphatic heterocycles. The fourth-order valence-electron chi connectivity index (χ4n) is 4.11. The van der Waals surface area contributed by atoms with Crippen LogP contribution in [0.5, 0.6) is 0 Å². The second kappa shape index (κ2) is 7.05. The van der Waals surface area contributed by atoms with Gasteiger partial charge in [0, 0.05) is 0 Å². The van der Waals surface area contributed by atoms with Gasteiger partial charge in [0.05, 0.1) is 23.8 Å². The first-order valence-corrected chi connectivity index (χ1v) is 10.2. The first-order chi connectivity index (χ1) is 15.7. The van der Waals surface area contributed by atoms with E-state index in [-0.39, 0.29) is 0 Å². The zero-order valence-corrected chi connectivity index (χ0v) is 17.5. The molecule has 0 atom stereocenters. The largest absolute Gasteiger partial charge is 0.296 e. The van der Waals surface area contributed by atoms with Gasteiger partial charge >= 0.3 is 0 Å². The summed E-state index contributed by atoms with van der Waals surface area (Å²) in [5.41, 5.74) is 9.86. The Labute approximate surface area is 183 Å². The highest BCUT2D eigenvalue weighted by Gasteiger charge is 2.11. The van der Waals surface area contributed by atoms with Crippen molar-refractivity contribution in [3.63, 3.8) is 0 Å². The zero-order valence-electron chi connectivity index (χ0n) is 17.5. The van der Waals surface area contributed by atoms with Crippen LogP contribution in [0.15, 0.2) is 74.1 Å². The lowest BCUT2D eigenvalue weighted by Crippen LogP contribution is -1.98. The molecule has 32 heavy (non-hydrogen) atoms. The molecule has 0 amide bonds. The summed E-state index contributed by atoms with van der Waals surface area (Å²) >= 11 is 0. The number of fused-ring (bicyclic) bond motifs is 2. The molecule has 6 aromatic rings. The summed E-state index contributed by atoms with van der Waals surface area (Å²) < 4.78 is 4.05. The van der Waals surface area contributed by atoms with Crippen LogP contribution in [0.3, 0.4) is 0 Å². The molecule has 0 aliphatic rings. The van der Waals surface area contributed by atoms with Gasteiger partial charge in [0.1, 0.15) is 36.3 Å². The highest BCUT2D eigenvalue weighted by Crippen LogP contribution is 2.29. The van der Waals surface area contributed by atoms with Crippen LogP contribution in [-0.4, -0.2) is 39.0 Å². The Morgan fingerprint density at radius 2 is 1.06 bits per heavy atom. The van der Waals surface area contributed by atoms with E-state index in [0.29, 0.717) is 11.3 Å². The Hall–Kier alpha value is -4.46. The minimum Gasteiger partial charge on any atom is -0.296 e. The molecule has 6 rings (SSSR count). The molecule has 0 saturated carbocycles. The third-order valence-corrected chi connectivity index (χ3v) is 5.70. The molecule has 154 valence electrons. The van der Waals surface area contributed by atoms with Gasteiger partial charge in [0.2, 0.25) is 0 Å². The average molecular weight is 418 g/mol. The standard InChI is InChI=1S/C24H18N8/c1-15-7-17(3-5-19(15)31-13-29-23-21(31)9-25-11-27-23)18-4-6-20(16(2)8-18)32-14-30-24-22(32)10-26-12-28-24/h3-14H,1-2H3. The van der Waals surface area contributed by atoms with E-state index in [0.717, 1.165) is 44.7 Å². The third-order valence-electron chi connectivity index (χ3n) is 5.70. The molecule has 4 aromatic heterocycles. The monoisotopic (exact) mass is 418 g/mol. The van der Waals surface area contributed by atoms with Crippen molar-refractivity contribution in [2.24, 2.45) is 0 Å². The molecule has 0 unspecified atom stereocenters. The molecule has 0 spiro atoms. The molecular formula is C24H18N8. The number of nitrogens with zero attached hydrogens (tertiary/aromatic N) is 8. The van der Waals surface area contributed by atoms with Crippen molar-refractivity contribution in [1.29, 1.82) is 0 Å². The minimum absolute atomic E-state index is 0.687. The Morgan fingerprint density at radius 1 is 0.594 bits per heavy atom. The van der Waals surface area contributed by atoms with Gasteiger partial charge in [-0.3, -0.25) is 9.13 Å². The van der Waals surface area contributed by atoms with Gasteiger partial charge in [0.25, 0.3) is 0 Å². The predicted octanol–water partition coefficient (Wildman–Crippen LogP) is 4.23. The van der Waals surface area contributed by atoms with Gasteiger partial charge in [-0.05, 0) is 60.4 Å². The molecule has 8 nitrogen and oxygen atoms in total. The number of hydrogen-bond donors (Lipinski definition) is 0. The van der Waals surface area contributed by atoms with Gasteiger partial charge in [-0.1, -0.05) is 12.1 Å². The number of imidazole rings is 2. The quantitative estimate of drug-likeness (QED) is 0.427. The van der Waals surface area contributed by atoms with E-state index in [4.69, 9.17) is 0 Å². The number of aromatic nitrogens is 8. The second-order valence-electron chi connectivity index (χ2n) is 7.69. The maximum Gasteiger partial charge on any atom is 0.181 e. The molecule has 4 heterocycles. The third kappa shape index (κ3) is 2.84. The molecule has 0 N–H and O–H groups in total. The molecular weight excluding hydrogens is 400 g/mol. The molecule has 0 fully saturated rings. The summed E-state index contributed by atoms with van der Waals surface area (Å²) in [7, 11) is 0. The van der Waals surface area contributed by atoms with Crippen molar-refractivity contribution in [2.75, 3.05) is 0 Å². The minimum atomic E-state index is 0.687. The maximum atomic E-state index is 4.38. The van der Waals surface area contributed by atoms with Crippen molar-refractivity contribution in [3.8, 4) is 22.5 Å². The molecule has 0 radical (unpaired) electrons. The number of hydrogen-bond acceptors (Lipinski definition) is 6. The second-order valence-corrected chi connectivity index (χ2v) is 7.69. The first-order valence-electron chi connectivity index (χ1n) is 10.2. The van der Waals surface area contributed by atoms with Crippen LogP contribution < -0.4 is 0 Å². The lowest BCUT2D eigenvalue weighted by molar-refractivity contribution is 1.07. The summed E-state index contributed by atoms with van der Waals surface area (Å²) in [6, 6.07) is 12.9. The zero-order chi connectivity index (χ0) is 21.7. The Kier molecular flexibility index (Phi) is 4.04. The van der Waals surface area contributed by atoms with Crippen LogP contribution in [-0.2, 0) is 0 Å². The molecule has 0 bridgehead atoms. The summed E-state index contributed by atoms with van der Waals surface area (Å²) in [5, 5.41) is 0. The van der Waals surface area contributed by atoms with Crippen LogP contribution >= 0.6 is 0 Å². The Balaban J connectivity index is 1.39. The maximum absolute atomic E-state index is 4.38. The van der Waals surface area contributed by atoms with E-state index in [2.05, 4.69) is 80.1 Å². The number of benzene rings is 2. The highest BCUT2D eigenvalue weighted by atomic mass is 15.1. The number of rotatable bonds is 3. The van der Waals surface area contributed by atoms with E-state index in [1.54, 1.807) is 25.0 Å². The lowest BCUT2D eigenvalue weighted by Gasteiger charge is -2.13. The first kappa shape index (κ1) is 18.3. The summed E-state index contributed by atoms with van der Waals surface area (Å²) in [6.45, 7) is 4.21. The molecule has 0 saturated heterocycles. The molecule has 8 heteroatoms. The van der Waals surface area contributed by atoms with E-state index >= 15 is 0 Å². The van der Waals surface area contributed by atoms with Crippen molar-refractivity contribution in [2.45, 2.75) is 13.8 Å². The van der Waals surface area contributed by atoms with Crippen molar-refractivity contribution >= 4 is 22.3 Å². The fraction of sp³-hybridized carbons (Fsp3) is 0.0833. The predicted molar refractivity (Wildman–Crippen MR) is 122 cm³/mol. The summed E-state index contributed by atoms with van der Waals surface area (Å²) in [5.74, 6) is 0. The van der Waals surface area contributed by atoms with Gasteiger partial charge < -0.3 is 0 Å². The van der Waals surface area contributed by atoms with Crippen LogP contribution in [0, 0.1) is 13.8 Å². The van der Waals surface area contributed by atoms with E-state index in [1.807, 2.05) is 9.13 Å². The van der Waals surface area contributed by atoms with Gasteiger partial charge in [-0.25, -0.2) is 29.9 Å². The van der Waals surface area contributed by atoms with Crippen molar-refractivity contribution in [1.82, 2.24) is 39.0 Å². The van der Waals surface area contributed by atoms with E-state index in [1.165, 1.54) is 12.7 Å². The normalized spacial score (nSPS) is 11.4. The SMILES string of the molecule is Cc1cc(-c2ccc(-n3cnc4ncncc43)c(C)c2)ccc1-n1cnc2ncncc21. The lowest BCUT2D eigenvalue weighted by atomic mass is 9.99. The topological polar surface area (TPSA) is 87.2 Å². The summed E-state index contributed by atoms with van der Waals surface area (Å²) in [4.78, 5) is 25.5. The average Bonchev–Trinajstić information content (AvgIpc) is 3.44. The molecule has 2 aromatic carbocycles. The fourth-order valence-corrected chi connectivity index (χ4v) is 4.11. The summed E-state index contributed by atoms with van der Waals surface area (Å²) in [6.07, 6.45) is 10.2. The van der Waals surface area contributed by atoms with Crippen LogP contribution in [0.4, 0.5) is 0 Å². The van der Waals surface area contributed by atoms with E-state index < -0.39 is 0 Å². The molecule has 0 aliphatic carbocycles. The van der Waals surface area contributed by atoms with Crippen molar-refractivity contribution < 1.29 is 0 Å². The Morgan fingerprint density at radius 3 is 1.50 bits per heavy atom. The van der Waals surface area contributed by atoms with Crippen LogP contribution in [0.1, 0.15) is 11.1 Å². The Bertz CT molecular complexity index is 1490. The van der Waals surface area contributed by atoms with Crippen molar-refractivity contribution in [3.05, 3.63) is 85.2 Å². The highest BCUT2D eigenvalue weighted by molar-refractivity contribution is 5.76. The van der Waals surface area contributed by atoms with Gasteiger partial charge in [0.15, 0.2) is 11.3 Å².